The molecule has 0 saturated carbocycles. The molecular weight excluding hydrogens is 312 g/mol. The number of thioether (sulfide) groups is 1. The van der Waals surface area contributed by atoms with Crippen molar-refractivity contribution in [3.05, 3.63) is 54.1 Å². The number of Topliss-reactive ketones (excluding diaryl/α,β-unsaturated/α-hetero) is 1. The second-order valence-corrected chi connectivity index (χ2v) is 5.87. The Morgan fingerprint density at radius 3 is 2.52 bits per heavy atom. The molecule has 5 nitrogen and oxygen atoms in total. The van der Waals surface area contributed by atoms with Crippen LogP contribution in [0.1, 0.15) is 17.3 Å². The fraction of sp³-hybridized carbons (Fsp3) is 0.118. The van der Waals surface area contributed by atoms with Gasteiger partial charge >= 0.3 is 0 Å². The van der Waals surface area contributed by atoms with Crippen molar-refractivity contribution in [2.75, 3.05) is 12.1 Å². The summed E-state index contributed by atoms with van der Waals surface area (Å²) in [5, 5.41) is 5.75. The Morgan fingerprint density at radius 1 is 1.13 bits per heavy atom. The first-order chi connectivity index (χ1) is 11.1. The van der Waals surface area contributed by atoms with Gasteiger partial charge in [-0.2, -0.15) is 10.1 Å². The van der Waals surface area contributed by atoms with E-state index in [0.717, 1.165) is 4.90 Å². The van der Waals surface area contributed by atoms with Gasteiger partial charge in [-0.3, -0.25) is 9.59 Å². The lowest BCUT2D eigenvalue weighted by molar-refractivity contribution is -0.116. The second-order valence-electron chi connectivity index (χ2n) is 4.84. The minimum atomic E-state index is -0.300. The number of amides is 1. The van der Waals surface area contributed by atoms with Gasteiger partial charge in [0.05, 0.1) is 7.11 Å². The summed E-state index contributed by atoms with van der Waals surface area (Å²) in [5.74, 6) is 0.0399. The molecule has 2 aromatic rings. The average molecular weight is 326 g/mol. The third-order valence-corrected chi connectivity index (χ3v) is 4.37. The van der Waals surface area contributed by atoms with Crippen LogP contribution in [0.4, 0.5) is 5.69 Å². The molecule has 2 aromatic carbocycles. The molecule has 1 aliphatic heterocycles. The van der Waals surface area contributed by atoms with E-state index < -0.39 is 0 Å². The Hall–Kier alpha value is -2.60. The van der Waals surface area contributed by atoms with E-state index >= 15 is 0 Å². The van der Waals surface area contributed by atoms with Crippen LogP contribution in [0.3, 0.4) is 0 Å². The maximum absolute atomic E-state index is 12.4. The monoisotopic (exact) mass is 326 g/mol. The second kappa shape index (κ2) is 6.26. The van der Waals surface area contributed by atoms with Crippen molar-refractivity contribution in [1.82, 2.24) is 0 Å². The standard InChI is InChI=1S/C17H14N2O3S/c1-11(20)19(13-8-4-5-9-14(13)22-2)18-17-16(21)12-7-3-6-10-15(12)23-17/h3-10H,1-2H3/b18-17+. The van der Waals surface area contributed by atoms with Crippen LogP contribution in [0.2, 0.25) is 0 Å². The molecule has 0 aliphatic carbocycles. The first kappa shape index (κ1) is 15.3. The van der Waals surface area contributed by atoms with Gasteiger partial charge in [0, 0.05) is 17.4 Å². The molecule has 0 bridgehead atoms. The van der Waals surface area contributed by atoms with Gasteiger partial charge in [0.25, 0.3) is 0 Å². The Kier molecular flexibility index (Phi) is 4.16. The molecule has 1 heterocycles. The predicted molar refractivity (Wildman–Crippen MR) is 90.2 cm³/mol. The van der Waals surface area contributed by atoms with Gasteiger partial charge < -0.3 is 4.74 Å². The van der Waals surface area contributed by atoms with Crippen LogP contribution in [0, 0.1) is 0 Å². The molecule has 116 valence electrons. The molecule has 0 N–H and O–H groups in total. The molecule has 1 amide bonds. The summed E-state index contributed by atoms with van der Waals surface area (Å²) in [6.45, 7) is 1.40. The zero-order chi connectivity index (χ0) is 16.4. The largest absolute Gasteiger partial charge is 0.494 e. The molecule has 23 heavy (non-hydrogen) atoms. The maximum Gasteiger partial charge on any atom is 0.244 e. The van der Waals surface area contributed by atoms with E-state index in [1.165, 1.54) is 30.8 Å². The molecule has 3 rings (SSSR count). The highest BCUT2D eigenvalue weighted by Crippen LogP contribution is 2.35. The zero-order valence-corrected chi connectivity index (χ0v) is 13.5. The molecule has 0 unspecified atom stereocenters. The number of hydrazone groups is 1. The zero-order valence-electron chi connectivity index (χ0n) is 12.6. The van der Waals surface area contributed by atoms with Crippen molar-refractivity contribution in [1.29, 1.82) is 0 Å². The van der Waals surface area contributed by atoms with Crippen LogP contribution in [0.25, 0.3) is 0 Å². The predicted octanol–water partition coefficient (Wildman–Crippen LogP) is 3.35. The van der Waals surface area contributed by atoms with Crippen molar-refractivity contribution in [2.45, 2.75) is 11.8 Å². The van der Waals surface area contributed by atoms with E-state index in [9.17, 15) is 9.59 Å². The summed E-state index contributed by atoms with van der Waals surface area (Å²) in [6.07, 6.45) is 0. The highest BCUT2D eigenvalue weighted by atomic mass is 32.2. The number of ketones is 1. The van der Waals surface area contributed by atoms with Gasteiger partial charge in [-0.05, 0) is 24.3 Å². The number of ether oxygens (including phenoxy) is 1. The molecular formula is C17H14N2O3S. The Labute approximate surface area is 137 Å². The summed E-state index contributed by atoms with van der Waals surface area (Å²) in [7, 11) is 1.52. The molecule has 1 aliphatic rings. The summed E-state index contributed by atoms with van der Waals surface area (Å²) in [5.41, 5.74) is 1.11. The van der Waals surface area contributed by atoms with E-state index in [4.69, 9.17) is 4.74 Å². The van der Waals surface area contributed by atoms with Crippen LogP contribution in [-0.4, -0.2) is 23.8 Å². The third-order valence-electron chi connectivity index (χ3n) is 3.34. The lowest BCUT2D eigenvalue weighted by Gasteiger charge is -2.18. The average Bonchev–Trinajstić information content (AvgIpc) is 2.89. The first-order valence-corrected chi connectivity index (χ1v) is 7.77. The highest BCUT2D eigenvalue weighted by Gasteiger charge is 2.29. The van der Waals surface area contributed by atoms with E-state index in [2.05, 4.69) is 5.10 Å². The van der Waals surface area contributed by atoms with Crippen LogP contribution >= 0.6 is 11.8 Å². The number of anilines is 1. The summed E-state index contributed by atoms with van der Waals surface area (Å²) >= 11 is 1.26. The first-order valence-electron chi connectivity index (χ1n) is 6.95. The van der Waals surface area contributed by atoms with E-state index in [1.54, 1.807) is 30.3 Å². The molecule has 0 fully saturated rings. The fourth-order valence-electron chi connectivity index (χ4n) is 2.26. The quantitative estimate of drug-likeness (QED) is 0.812. The van der Waals surface area contributed by atoms with Crippen molar-refractivity contribution in [3.8, 4) is 5.75 Å². The topological polar surface area (TPSA) is 59.0 Å². The number of benzene rings is 2. The molecule has 0 atom stereocenters. The van der Waals surface area contributed by atoms with Crippen molar-refractivity contribution in [3.63, 3.8) is 0 Å². The van der Waals surface area contributed by atoms with E-state index in [1.807, 2.05) is 18.2 Å². The van der Waals surface area contributed by atoms with Gasteiger partial charge in [-0.25, -0.2) is 0 Å². The number of carbonyl (C=O) groups excluding carboxylic acids is 2. The summed E-state index contributed by atoms with van der Waals surface area (Å²) in [6, 6.07) is 14.3. The van der Waals surface area contributed by atoms with Gasteiger partial charge in [0.15, 0.2) is 5.04 Å². The van der Waals surface area contributed by atoms with Crippen molar-refractivity contribution >= 4 is 34.2 Å². The highest BCUT2D eigenvalue weighted by molar-refractivity contribution is 8.16. The molecule has 0 aromatic heterocycles. The van der Waals surface area contributed by atoms with Crippen LogP contribution in [0.5, 0.6) is 5.75 Å². The lowest BCUT2D eigenvalue weighted by atomic mass is 10.1. The van der Waals surface area contributed by atoms with Gasteiger partial charge in [0.1, 0.15) is 11.4 Å². The van der Waals surface area contributed by atoms with Crippen LogP contribution in [-0.2, 0) is 4.79 Å². The molecule has 0 radical (unpaired) electrons. The summed E-state index contributed by atoms with van der Waals surface area (Å²) in [4.78, 5) is 25.3. The number of hydrogen-bond donors (Lipinski definition) is 0. The van der Waals surface area contributed by atoms with E-state index in [-0.39, 0.29) is 16.7 Å². The van der Waals surface area contributed by atoms with Crippen LogP contribution in [0.15, 0.2) is 58.5 Å². The summed E-state index contributed by atoms with van der Waals surface area (Å²) < 4.78 is 5.27. The third kappa shape index (κ3) is 2.85. The molecule has 6 heteroatoms. The maximum atomic E-state index is 12.4. The number of fused-ring (bicyclic) bond motifs is 1. The number of hydrogen-bond acceptors (Lipinski definition) is 5. The number of nitrogens with zero attached hydrogens (tertiary/aromatic N) is 2. The SMILES string of the molecule is COc1ccccc1N(/N=C1/Sc2ccccc2C1=O)C(C)=O. The Balaban J connectivity index is 2.02. The number of carbonyl (C=O) groups is 2. The molecule has 0 saturated heterocycles. The molecule has 0 spiro atoms. The fourth-order valence-corrected chi connectivity index (χ4v) is 3.21. The van der Waals surface area contributed by atoms with Gasteiger partial charge in [-0.1, -0.05) is 36.0 Å². The van der Waals surface area contributed by atoms with Crippen molar-refractivity contribution in [2.24, 2.45) is 5.10 Å². The number of para-hydroxylation sites is 2. The van der Waals surface area contributed by atoms with Crippen molar-refractivity contribution < 1.29 is 14.3 Å². The lowest BCUT2D eigenvalue weighted by Crippen LogP contribution is -2.25. The van der Waals surface area contributed by atoms with Crippen LogP contribution < -0.4 is 9.75 Å². The normalized spacial score (nSPS) is 14.7. The Bertz CT molecular complexity index is 817. The van der Waals surface area contributed by atoms with Gasteiger partial charge in [0.2, 0.25) is 11.7 Å². The smallest absolute Gasteiger partial charge is 0.244 e. The minimum Gasteiger partial charge on any atom is -0.494 e. The minimum absolute atomic E-state index is 0.174. The number of methoxy groups -OCH3 is 1. The Morgan fingerprint density at radius 2 is 1.83 bits per heavy atom. The van der Waals surface area contributed by atoms with E-state index in [0.29, 0.717) is 17.0 Å². The number of rotatable bonds is 3. The van der Waals surface area contributed by atoms with Gasteiger partial charge in [-0.15, -0.1) is 0 Å².